The van der Waals surface area contributed by atoms with Gasteiger partial charge in [-0.1, -0.05) is 18.2 Å². The number of rotatable bonds is 7. The number of carbonyl (C=O) groups excluding carboxylic acids is 1. The van der Waals surface area contributed by atoms with Gasteiger partial charge >= 0.3 is 6.03 Å². The highest BCUT2D eigenvalue weighted by Crippen LogP contribution is 2.19. The first-order chi connectivity index (χ1) is 14.0. The van der Waals surface area contributed by atoms with Crippen LogP contribution in [0.3, 0.4) is 0 Å². The standard InChI is InChI=1S/C22H22FN3O3/c1-26(15-16-4-3-5-20(12-16)28-2)22(27)25-14-17-6-11-21(24-13-17)29-19-9-7-18(23)8-10-19/h3-13H,14-15H2,1-2H3,(H,25,27). The fourth-order valence-corrected chi connectivity index (χ4v) is 2.63. The van der Waals surface area contributed by atoms with Crippen LogP contribution in [0.15, 0.2) is 66.9 Å². The summed E-state index contributed by atoms with van der Waals surface area (Å²) in [4.78, 5) is 18.1. The molecule has 0 saturated heterocycles. The highest BCUT2D eigenvalue weighted by atomic mass is 19.1. The van der Waals surface area contributed by atoms with E-state index in [4.69, 9.17) is 9.47 Å². The predicted molar refractivity (Wildman–Crippen MR) is 107 cm³/mol. The zero-order chi connectivity index (χ0) is 20.6. The van der Waals surface area contributed by atoms with Gasteiger partial charge in [0.15, 0.2) is 0 Å². The van der Waals surface area contributed by atoms with Crippen LogP contribution in [-0.4, -0.2) is 30.1 Å². The molecular weight excluding hydrogens is 373 g/mol. The van der Waals surface area contributed by atoms with Gasteiger partial charge in [-0.3, -0.25) is 0 Å². The molecule has 150 valence electrons. The molecular formula is C22H22FN3O3. The van der Waals surface area contributed by atoms with Crippen LogP contribution in [-0.2, 0) is 13.1 Å². The highest BCUT2D eigenvalue weighted by Gasteiger charge is 2.09. The summed E-state index contributed by atoms with van der Waals surface area (Å²) in [6, 6.07) is 16.6. The van der Waals surface area contributed by atoms with Crippen molar-refractivity contribution in [2.24, 2.45) is 0 Å². The van der Waals surface area contributed by atoms with Gasteiger partial charge in [0.05, 0.1) is 7.11 Å². The number of nitrogens with zero attached hydrogens (tertiary/aromatic N) is 2. The topological polar surface area (TPSA) is 63.7 Å². The van der Waals surface area contributed by atoms with E-state index in [0.29, 0.717) is 24.7 Å². The molecule has 0 unspecified atom stereocenters. The molecule has 3 rings (SSSR count). The van der Waals surface area contributed by atoms with Crippen molar-refractivity contribution < 1.29 is 18.7 Å². The molecule has 6 nitrogen and oxygen atoms in total. The smallest absolute Gasteiger partial charge is 0.317 e. The fraction of sp³-hybridized carbons (Fsp3) is 0.182. The minimum atomic E-state index is -0.326. The molecule has 2 amide bonds. The number of halogens is 1. The lowest BCUT2D eigenvalue weighted by molar-refractivity contribution is 0.206. The van der Waals surface area contributed by atoms with Gasteiger partial charge < -0.3 is 19.7 Å². The summed E-state index contributed by atoms with van der Waals surface area (Å²) in [5, 5.41) is 2.86. The lowest BCUT2D eigenvalue weighted by Crippen LogP contribution is -2.36. The maximum atomic E-state index is 12.9. The van der Waals surface area contributed by atoms with Crippen LogP contribution in [0.5, 0.6) is 17.4 Å². The Morgan fingerprint density at radius 2 is 1.86 bits per heavy atom. The number of methoxy groups -OCH3 is 1. The number of hydrogen-bond acceptors (Lipinski definition) is 4. The quantitative estimate of drug-likeness (QED) is 0.646. The Morgan fingerprint density at radius 3 is 2.55 bits per heavy atom. The Kier molecular flexibility index (Phi) is 6.63. The first-order valence-electron chi connectivity index (χ1n) is 9.04. The van der Waals surface area contributed by atoms with E-state index in [0.717, 1.165) is 16.9 Å². The van der Waals surface area contributed by atoms with Crippen LogP contribution in [0.1, 0.15) is 11.1 Å². The van der Waals surface area contributed by atoms with Crippen LogP contribution in [0.2, 0.25) is 0 Å². The molecule has 1 heterocycles. The van der Waals surface area contributed by atoms with Crippen molar-refractivity contribution in [2.45, 2.75) is 13.1 Å². The van der Waals surface area contributed by atoms with E-state index in [1.165, 1.54) is 24.3 Å². The monoisotopic (exact) mass is 395 g/mol. The largest absolute Gasteiger partial charge is 0.497 e. The summed E-state index contributed by atoms with van der Waals surface area (Å²) in [7, 11) is 3.34. The van der Waals surface area contributed by atoms with Crippen molar-refractivity contribution in [2.75, 3.05) is 14.2 Å². The highest BCUT2D eigenvalue weighted by molar-refractivity contribution is 5.73. The van der Waals surface area contributed by atoms with Crippen LogP contribution < -0.4 is 14.8 Å². The molecule has 3 aromatic rings. The summed E-state index contributed by atoms with van der Waals surface area (Å²) < 4.78 is 23.7. The zero-order valence-electron chi connectivity index (χ0n) is 16.3. The lowest BCUT2D eigenvalue weighted by atomic mass is 10.2. The molecule has 0 aliphatic carbocycles. The molecule has 0 spiro atoms. The van der Waals surface area contributed by atoms with E-state index in [1.807, 2.05) is 30.3 Å². The zero-order valence-corrected chi connectivity index (χ0v) is 16.3. The van der Waals surface area contributed by atoms with Crippen LogP contribution in [0.4, 0.5) is 9.18 Å². The van der Waals surface area contributed by atoms with Gasteiger partial charge in [-0.15, -0.1) is 0 Å². The number of pyridine rings is 1. The summed E-state index contributed by atoms with van der Waals surface area (Å²) in [6.07, 6.45) is 1.63. The number of benzene rings is 2. The molecule has 1 N–H and O–H groups in total. The van der Waals surface area contributed by atoms with Crippen LogP contribution in [0, 0.1) is 5.82 Å². The maximum absolute atomic E-state index is 12.9. The number of nitrogens with one attached hydrogen (secondary N) is 1. The summed E-state index contributed by atoms with van der Waals surface area (Å²) in [5.41, 5.74) is 1.81. The Morgan fingerprint density at radius 1 is 1.07 bits per heavy atom. The Hall–Kier alpha value is -3.61. The third-order valence-corrected chi connectivity index (χ3v) is 4.18. The Balaban J connectivity index is 1.49. The minimum Gasteiger partial charge on any atom is -0.497 e. The molecule has 0 fully saturated rings. The number of amides is 2. The molecule has 0 atom stereocenters. The van der Waals surface area contributed by atoms with Gasteiger partial charge in [-0.05, 0) is 47.5 Å². The summed E-state index contributed by atoms with van der Waals surface area (Å²) >= 11 is 0. The molecule has 0 aliphatic heterocycles. The molecule has 7 heteroatoms. The molecule has 29 heavy (non-hydrogen) atoms. The Labute approximate surface area is 168 Å². The number of hydrogen-bond donors (Lipinski definition) is 1. The molecule has 0 saturated carbocycles. The van der Waals surface area contributed by atoms with Gasteiger partial charge in [0, 0.05) is 32.4 Å². The second-order valence-corrected chi connectivity index (χ2v) is 6.43. The number of ether oxygens (including phenoxy) is 2. The van der Waals surface area contributed by atoms with Crippen molar-refractivity contribution in [3.05, 3.63) is 83.8 Å². The normalized spacial score (nSPS) is 10.3. The van der Waals surface area contributed by atoms with Crippen molar-refractivity contribution in [1.82, 2.24) is 15.2 Å². The van der Waals surface area contributed by atoms with Crippen LogP contribution in [0.25, 0.3) is 0 Å². The van der Waals surface area contributed by atoms with E-state index < -0.39 is 0 Å². The molecule has 1 aromatic heterocycles. The van der Waals surface area contributed by atoms with Crippen LogP contribution >= 0.6 is 0 Å². The third-order valence-electron chi connectivity index (χ3n) is 4.18. The number of aromatic nitrogens is 1. The van der Waals surface area contributed by atoms with Gasteiger partial charge in [-0.2, -0.15) is 0 Å². The second kappa shape index (κ2) is 9.54. The molecule has 0 aliphatic rings. The summed E-state index contributed by atoms with van der Waals surface area (Å²) in [5.74, 6) is 1.32. The first-order valence-corrected chi connectivity index (χ1v) is 9.04. The van der Waals surface area contributed by atoms with Crippen molar-refractivity contribution in [1.29, 1.82) is 0 Å². The first kappa shape index (κ1) is 20.1. The predicted octanol–water partition coefficient (Wildman–Crippen LogP) is 4.36. The van der Waals surface area contributed by atoms with Crippen molar-refractivity contribution >= 4 is 6.03 Å². The Bertz CT molecular complexity index is 946. The second-order valence-electron chi connectivity index (χ2n) is 6.43. The molecule has 2 aromatic carbocycles. The third kappa shape index (κ3) is 5.93. The van der Waals surface area contributed by atoms with E-state index in [1.54, 1.807) is 31.3 Å². The average Bonchev–Trinajstić information content (AvgIpc) is 2.74. The lowest BCUT2D eigenvalue weighted by Gasteiger charge is -2.18. The van der Waals surface area contributed by atoms with E-state index >= 15 is 0 Å². The maximum Gasteiger partial charge on any atom is 0.317 e. The molecule has 0 bridgehead atoms. The van der Waals surface area contributed by atoms with Gasteiger partial charge in [0.25, 0.3) is 0 Å². The van der Waals surface area contributed by atoms with Gasteiger partial charge in [0.1, 0.15) is 17.3 Å². The van der Waals surface area contributed by atoms with E-state index in [2.05, 4.69) is 10.3 Å². The number of carbonyl (C=O) groups is 1. The van der Waals surface area contributed by atoms with E-state index in [9.17, 15) is 9.18 Å². The van der Waals surface area contributed by atoms with Gasteiger partial charge in [0.2, 0.25) is 5.88 Å². The molecule has 0 radical (unpaired) electrons. The van der Waals surface area contributed by atoms with E-state index in [-0.39, 0.29) is 11.8 Å². The SMILES string of the molecule is COc1cccc(CN(C)C(=O)NCc2ccc(Oc3ccc(F)cc3)nc2)c1. The van der Waals surface area contributed by atoms with Crippen molar-refractivity contribution in [3.8, 4) is 17.4 Å². The average molecular weight is 395 g/mol. The number of urea groups is 1. The van der Waals surface area contributed by atoms with Crippen molar-refractivity contribution in [3.63, 3.8) is 0 Å². The fourth-order valence-electron chi connectivity index (χ4n) is 2.63. The minimum absolute atomic E-state index is 0.195. The summed E-state index contributed by atoms with van der Waals surface area (Å²) in [6.45, 7) is 0.802. The van der Waals surface area contributed by atoms with Gasteiger partial charge in [-0.25, -0.2) is 14.2 Å².